The number of aromatic nitrogens is 2. The molecule has 1 aliphatic rings. The van der Waals surface area contributed by atoms with Gasteiger partial charge in [-0.15, -0.1) is 0 Å². The molecule has 0 saturated heterocycles. The molecule has 0 amide bonds. The zero-order valence-electron chi connectivity index (χ0n) is 11.5. The molecule has 1 aliphatic carbocycles. The summed E-state index contributed by atoms with van der Waals surface area (Å²) in [4.78, 5) is 0. The van der Waals surface area contributed by atoms with Crippen LogP contribution in [-0.2, 0) is 13.5 Å². The van der Waals surface area contributed by atoms with Crippen LogP contribution in [0.15, 0.2) is 30.5 Å². The van der Waals surface area contributed by atoms with Gasteiger partial charge in [-0.25, -0.2) is 0 Å². The molecule has 0 bridgehead atoms. The third kappa shape index (κ3) is 2.24. The van der Waals surface area contributed by atoms with E-state index in [4.69, 9.17) is 17.4 Å². The van der Waals surface area contributed by atoms with Gasteiger partial charge in [-0.1, -0.05) is 35.9 Å². The monoisotopic (exact) mass is 290 g/mol. The van der Waals surface area contributed by atoms with Gasteiger partial charge in [-0.05, 0) is 30.4 Å². The van der Waals surface area contributed by atoms with Crippen molar-refractivity contribution in [2.45, 2.75) is 31.2 Å². The van der Waals surface area contributed by atoms with E-state index >= 15 is 0 Å². The Morgan fingerprint density at radius 3 is 2.95 bits per heavy atom. The number of hydrogen-bond donors (Lipinski definition) is 2. The summed E-state index contributed by atoms with van der Waals surface area (Å²) in [7, 11) is 1.90. The fraction of sp³-hybridized carbons (Fsp3) is 0.400. The van der Waals surface area contributed by atoms with E-state index < -0.39 is 0 Å². The Balaban J connectivity index is 2.03. The van der Waals surface area contributed by atoms with E-state index in [1.54, 1.807) is 6.20 Å². The van der Waals surface area contributed by atoms with Gasteiger partial charge < -0.3 is 0 Å². The lowest BCUT2D eigenvalue weighted by Crippen LogP contribution is -2.35. The summed E-state index contributed by atoms with van der Waals surface area (Å²) in [5, 5.41) is 4.89. The van der Waals surface area contributed by atoms with Crippen molar-refractivity contribution < 1.29 is 0 Å². The highest BCUT2D eigenvalue weighted by atomic mass is 35.5. The van der Waals surface area contributed by atoms with Crippen LogP contribution in [0.4, 0.5) is 0 Å². The summed E-state index contributed by atoms with van der Waals surface area (Å²) in [6.45, 7) is 0. The minimum absolute atomic E-state index is 0.0172. The molecule has 2 atom stereocenters. The average molecular weight is 291 g/mol. The molecule has 1 aromatic heterocycles. The second kappa shape index (κ2) is 5.56. The molecule has 0 spiro atoms. The first-order chi connectivity index (χ1) is 9.72. The number of nitrogens with two attached hydrogens (primary N) is 1. The van der Waals surface area contributed by atoms with Crippen LogP contribution in [0.3, 0.4) is 0 Å². The Morgan fingerprint density at radius 2 is 2.25 bits per heavy atom. The predicted octanol–water partition coefficient (Wildman–Crippen LogP) is 2.70. The van der Waals surface area contributed by atoms with Crippen LogP contribution >= 0.6 is 11.6 Å². The molecule has 4 nitrogen and oxygen atoms in total. The van der Waals surface area contributed by atoms with Crippen LogP contribution in [-0.4, -0.2) is 9.78 Å². The van der Waals surface area contributed by atoms with Gasteiger partial charge in [0, 0.05) is 13.0 Å². The zero-order valence-corrected chi connectivity index (χ0v) is 12.3. The van der Waals surface area contributed by atoms with Crippen LogP contribution in [0.5, 0.6) is 0 Å². The van der Waals surface area contributed by atoms with Crippen LogP contribution in [0.25, 0.3) is 0 Å². The van der Waals surface area contributed by atoms with E-state index in [-0.39, 0.29) is 6.04 Å². The third-order valence-electron chi connectivity index (χ3n) is 4.23. The summed E-state index contributed by atoms with van der Waals surface area (Å²) in [5.41, 5.74) is 6.70. The number of hydrogen-bond acceptors (Lipinski definition) is 3. The zero-order chi connectivity index (χ0) is 14.1. The SMILES string of the molecule is Cn1ncc(Cl)c1C(NN)C1CCCc2ccccc21. The van der Waals surface area contributed by atoms with Crippen LogP contribution in [0, 0.1) is 0 Å². The molecule has 3 rings (SSSR count). The summed E-state index contributed by atoms with van der Waals surface area (Å²) in [5.74, 6) is 6.17. The first-order valence-corrected chi connectivity index (χ1v) is 7.31. The molecular formula is C15H19ClN4. The van der Waals surface area contributed by atoms with Gasteiger partial charge in [0.25, 0.3) is 0 Å². The molecule has 5 heteroatoms. The standard InChI is InChI=1S/C15H19ClN4/c1-20-15(13(16)9-18-20)14(19-17)12-8-4-6-10-5-2-3-7-11(10)12/h2-3,5,7,9,12,14,19H,4,6,8,17H2,1H3. The van der Waals surface area contributed by atoms with Crippen molar-refractivity contribution in [1.82, 2.24) is 15.2 Å². The van der Waals surface area contributed by atoms with Gasteiger partial charge in [-0.3, -0.25) is 16.0 Å². The quantitative estimate of drug-likeness (QED) is 0.675. The first-order valence-electron chi connectivity index (χ1n) is 6.93. The molecule has 2 aromatic rings. The topological polar surface area (TPSA) is 55.9 Å². The number of benzene rings is 1. The number of nitrogens with zero attached hydrogens (tertiary/aromatic N) is 2. The molecule has 3 N–H and O–H groups in total. The normalized spacial score (nSPS) is 19.6. The highest BCUT2D eigenvalue weighted by molar-refractivity contribution is 6.31. The maximum absolute atomic E-state index is 6.29. The molecule has 20 heavy (non-hydrogen) atoms. The minimum atomic E-state index is -0.0172. The Kier molecular flexibility index (Phi) is 3.78. The summed E-state index contributed by atoms with van der Waals surface area (Å²) >= 11 is 6.29. The number of halogens is 1. The summed E-state index contributed by atoms with van der Waals surface area (Å²) in [6, 6.07) is 8.59. The Hall–Kier alpha value is -1.36. The Labute approximate surface area is 123 Å². The van der Waals surface area contributed by atoms with Crippen molar-refractivity contribution in [3.05, 3.63) is 52.3 Å². The van der Waals surface area contributed by atoms with Gasteiger partial charge in [0.15, 0.2) is 0 Å². The summed E-state index contributed by atoms with van der Waals surface area (Å²) < 4.78 is 1.81. The van der Waals surface area contributed by atoms with E-state index in [1.165, 1.54) is 17.5 Å². The highest BCUT2D eigenvalue weighted by Gasteiger charge is 2.31. The lowest BCUT2D eigenvalue weighted by Gasteiger charge is -2.32. The lowest BCUT2D eigenvalue weighted by atomic mass is 9.78. The van der Waals surface area contributed by atoms with Crippen molar-refractivity contribution in [2.75, 3.05) is 0 Å². The molecule has 0 fully saturated rings. The van der Waals surface area contributed by atoms with Crippen LogP contribution in [0.1, 0.15) is 41.6 Å². The molecular weight excluding hydrogens is 272 g/mol. The summed E-state index contributed by atoms with van der Waals surface area (Å²) in [6.07, 6.45) is 5.10. The van der Waals surface area contributed by atoms with Gasteiger partial charge in [0.1, 0.15) is 0 Å². The van der Waals surface area contributed by atoms with E-state index in [0.29, 0.717) is 10.9 Å². The number of aryl methyl sites for hydroxylation is 2. The highest BCUT2D eigenvalue weighted by Crippen LogP contribution is 2.41. The minimum Gasteiger partial charge on any atom is -0.271 e. The molecule has 2 unspecified atom stereocenters. The molecule has 106 valence electrons. The Bertz CT molecular complexity index is 588. The van der Waals surface area contributed by atoms with Crippen molar-refractivity contribution >= 4 is 11.6 Å². The molecule has 0 saturated carbocycles. The van der Waals surface area contributed by atoms with E-state index in [0.717, 1.165) is 18.5 Å². The predicted molar refractivity (Wildman–Crippen MR) is 80.4 cm³/mol. The van der Waals surface area contributed by atoms with Gasteiger partial charge in [0.05, 0.1) is 23.0 Å². The van der Waals surface area contributed by atoms with Crippen LogP contribution in [0.2, 0.25) is 5.02 Å². The number of rotatable bonds is 3. The first kappa shape index (κ1) is 13.6. The van der Waals surface area contributed by atoms with Crippen molar-refractivity contribution in [3.8, 4) is 0 Å². The van der Waals surface area contributed by atoms with E-state index in [2.05, 4.69) is 34.8 Å². The number of nitrogens with one attached hydrogen (secondary N) is 1. The largest absolute Gasteiger partial charge is 0.271 e. The number of hydrazine groups is 1. The third-order valence-corrected chi connectivity index (χ3v) is 4.52. The molecule has 1 aromatic carbocycles. The molecule has 0 aliphatic heterocycles. The fourth-order valence-electron chi connectivity index (χ4n) is 3.29. The molecule has 1 heterocycles. The van der Waals surface area contributed by atoms with E-state index in [9.17, 15) is 0 Å². The van der Waals surface area contributed by atoms with E-state index in [1.807, 2.05) is 11.7 Å². The molecule has 0 radical (unpaired) electrons. The van der Waals surface area contributed by atoms with Crippen LogP contribution < -0.4 is 11.3 Å². The number of fused-ring (bicyclic) bond motifs is 1. The van der Waals surface area contributed by atoms with Crippen molar-refractivity contribution in [1.29, 1.82) is 0 Å². The van der Waals surface area contributed by atoms with Gasteiger partial charge >= 0.3 is 0 Å². The second-order valence-corrected chi connectivity index (χ2v) is 5.75. The lowest BCUT2D eigenvalue weighted by molar-refractivity contribution is 0.389. The van der Waals surface area contributed by atoms with Gasteiger partial charge in [-0.2, -0.15) is 5.10 Å². The van der Waals surface area contributed by atoms with Crippen molar-refractivity contribution in [2.24, 2.45) is 12.9 Å². The van der Waals surface area contributed by atoms with Gasteiger partial charge in [0.2, 0.25) is 0 Å². The maximum Gasteiger partial charge on any atom is 0.0834 e. The average Bonchev–Trinajstić information content (AvgIpc) is 2.81. The maximum atomic E-state index is 6.29. The Morgan fingerprint density at radius 1 is 1.45 bits per heavy atom. The smallest absolute Gasteiger partial charge is 0.0834 e. The van der Waals surface area contributed by atoms with Crippen molar-refractivity contribution in [3.63, 3.8) is 0 Å². The fourth-order valence-corrected chi connectivity index (χ4v) is 3.58. The second-order valence-electron chi connectivity index (χ2n) is 5.34.